The number of aromatic nitrogens is 1. The second-order valence-corrected chi connectivity index (χ2v) is 10.5. The van der Waals surface area contributed by atoms with Crippen molar-refractivity contribution in [3.8, 4) is 6.07 Å². The first-order valence-corrected chi connectivity index (χ1v) is 12.6. The fraction of sp³-hybridized carbons (Fsp3) is 0.345. The molecule has 3 aromatic rings. The third-order valence-electron chi connectivity index (χ3n) is 7.61. The fourth-order valence-corrected chi connectivity index (χ4v) is 5.69. The molecule has 194 valence electrons. The molecule has 9 heteroatoms. The molecule has 38 heavy (non-hydrogen) atoms. The van der Waals surface area contributed by atoms with E-state index in [1.165, 1.54) is 15.9 Å². The van der Waals surface area contributed by atoms with E-state index in [9.17, 15) is 24.0 Å². The van der Waals surface area contributed by atoms with Gasteiger partial charge < -0.3 is 15.1 Å². The maximum atomic E-state index is 14.1. The van der Waals surface area contributed by atoms with Crippen LogP contribution in [0.5, 0.6) is 0 Å². The van der Waals surface area contributed by atoms with E-state index >= 15 is 0 Å². The van der Waals surface area contributed by atoms with Crippen molar-refractivity contribution in [3.63, 3.8) is 0 Å². The zero-order chi connectivity index (χ0) is 27.2. The highest BCUT2D eigenvalue weighted by molar-refractivity contribution is 6.09. The summed E-state index contributed by atoms with van der Waals surface area (Å²) in [5, 5.41) is 13.2. The van der Waals surface area contributed by atoms with Crippen molar-refractivity contribution in [2.24, 2.45) is 5.92 Å². The third-order valence-corrected chi connectivity index (χ3v) is 7.61. The summed E-state index contributed by atoms with van der Waals surface area (Å²) < 4.78 is 14.0. The molecule has 2 aliphatic rings. The molecule has 8 nitrogen and oxygen atoms in total. The van der Waals surface area contributed by atoms with Crippen molar-refractivity contribution in [1.82, 2.24) is 14.8 Å². The number of carbonyl (C=O) groups excluding carboxylic acids is 3. The van der Waals surface area contributed by atoms with Crippen LogP contribution in [0.3, 0.4) is 0 Å². The first-order valence-electron chi connectivity index (χ1n) is 12.6. The summed E-state index contributed by atoms with van der Waals surface area (Å²) in [5.74, 6) is -1.58. The van der Waals surface area contributed by atoms with Gasteiger partial charge in [0.25, 0.3) is 5.91 Å². The molecule has 3 heterocycles. The van der Waals surface area contributed by atoms with Crippen molar-refractivity contribution in [2.75, 3.05) is 18.9 Å². The Kier molecular flexibility index (Phi) is 6.35. The lowest BCUT2D eigenvalue weighted by Gasteiger charge is -2.33. The summed E-state index contributed by atoms with van der Waals surface area (Å²) in [7, 11) is 1.55. The number of hydrogen-bond donors (Lipinski definition) is 1. The number of carbonyl (C=O) groups is 3. The predicted molar refractivity (Wildman–Crippen MR) is 140 cm³/mol. The molecule has 2 aliphatic heterocycles. The van der Waals surface area contributed by atoms with Gasteiger partial charge in [0.15, 0.2) is 0 Å². The quantitative estimate of drug-likeness (QED) is 0.557. The number of pyridine rings is 1. The van der Waals surface area contributed by atoms with E-state index in [2.05, 4.69) is 16.4 Å². The molecule has 5 rings (SSSR count). The van der Waals surface area contributed by atoms with E-state index < -0.39 is 29.2 Å². The molecule has 0 bridgehead atoms. The molecular weight excluding hydrogens is 485 g/mol. The molecule has 1 spiro atoms. The van der Waals surface area contributed by atoms with Gasteiger partial charge in [0.1, 0.15) is 17.9 Å². The number of nitrogens with zero attached hydrogens (tertiary/aromatic N) is 4. The lowest BCUT2D eigenvalue weighted by atomic mass is 9.80. The second kappa shape index (κ2) is 9.53. The number of hydrogen-bond acceptors (Lipinski definition) is 5. The third kappa shape index (κ3) is 4.06. The largest absolute Gasteiger partial charge is 0.330 e. The Bertz CT molecular complexity index is 1500. The first kappa shape index (κ1) is 25.3. The molecule has 3 atom stereocenters. The normalized spacial score (nSPS) is 20.9. The maximum absolute atomic E-state index is 14.1. The van der Waals surface area contributed by atoms with Crippen molar-refractivity contribution in [1.29, 1.82) is 5.26 Å². The summed E-state index contributed by atoms with van der Waals surface area (Å²) >= 11 is 0. The molecule has 2 aromatic carbocycles. The van der Waals surface area contributed by atoms with Crippen LogP contribution in [0.4, 0.5) is 10.1 Å². The van der Waals surface area contributed by atoms with Crippen LogP contribution < -0.4 is 5.32 Å². The highest BCUT2D eigenvalue weighted by atomic mass is 19.1. The number of fused-ring (bicyclic) bond motifs is 3. The Morgan fingerprint density at radius 2 is 2.03 bits per heavy atom. The molecular formula is C29H28FN5O3. The lowest BCUT2D eigenvalue weighted by molar-refractivity contribution is -0.136. The Hall–Kier alpha value is -4.32. The lowest BCUT2D eigenvalue weighted by Crippen LogP contribution is -2.52. The van der Waals surface area contributed by atoms with Gasteiger partial charge in [-0.1, -0.05) is 38.1 Å². The van der Waals surface area contributed by atoms with Crippen LogP contribution in [0.15, 0.2) is 54.7 Å². The van der Waals surface area contributed by atoms with E-state index in [1.807, 2.05) is 38.1 Å². The van der Waals surface area contributed by atoms with Crippen LogP contribution in [-0.4, -0.2) is 58.2 Å². The molecule has 3 amide bonds. The van der Waals surface area contributed by atoms with Gasteiger partial charge in [-0.05, 0) is 42.2 Å². The smallest absolute Gasteiger partial charge is 0.254 e. The SMILES string of the molecule is CC(C)C[C@@H](C(=O)N1C[C@]2(C[C@H]1C#N)C(=O)Nc1ccccc12)N(C)C(=O)c1cccc2ncc(F)cc12. The minimum Gasteiger partial charge on any atom is -0.330 e. The molecule has 0 saturated carbocycles. The Balaban J connectivity index is 1.49. The number of nitriles is 1. The zero-order valence-corrected chi connectivity index (χ0v) is 21.4. The average molecular weight is 514 g/mol. The van der Waals surface area contributed by atoms with Crippen LogP contribution in [0, 0.1) is 23.1 Å². The van der Waals surface area contributed by atoms with E-state index in [4.69, 9.17) is 0 Å². The minimum atomic E-state index is -1.02. The number of nitrogens with one attached hydrogen (secondary N) is 1. The number of halogens is 1. The van der Waals surface area contributed by atoms with E-state index in [0.717, 1.165) is 11.8 Å². The number of amides is 3. The molecule has 1 fully saturated rings. The van der Waals surface area contributed by atoms with Crippen LogP contribution in [0.2, 0.25) is 0 Å². The van der Waals surface area contributed by atoms with Crippen molar-refractivity contribution < 1.29 is 18.8 Å². The molecule has 1 aromatic heterocycles. The summed E-state index contributed by atoms with van der Waals surface area (Å²) in [6, 6.07) is 14.0. The van der Waals surface area contributed by atoms with Gasteiger partial charge >= 0.3 is 0 Å². The average Bonchev–Trinajstić information content (AvgIpc) is 3.43. The standard InChI is InChI=1S/C29H28FN5O3/c1-17(2)11-25(34(3)26(36)20-7-6-10-23-21(20)12-18(30)15-32-23)27(37)35-16-29(13-19(35)14-31)22-8-4-5-9-24(22)33-28(29)38/h4-10,12,15,17,19,25H,11,13,16H2,1-3H3,(H,33,38)/t19-,25-,29-/m0/s1. The summed E-state index contributed by atoms with van der Waals surface area (Å²) in [5.41, 5.74) is 1.14. The zero-order valence-electron chi connectivity index (χ0n) is 21.4. The Morgan fingerprint density at radius 3 is 2.76 bits per heavy atom. The number of rotatable bonds is 5. The van der Waals surface area contributed by atoms with Crippen LogP contribution in [0.1, 0.15) is 42.6 Å². The van der Waals surface area contributed by atoms with Gasteiger partial charge in [-0.2, -0.15) is 5.26 Å². The fourth-order valence-electron chi connectivity index (χ4n) is 5.69. The van der Waals surface area contributed by atoms with Gasteiger partial charge in [0, 0.05) is 36.7 Å². The van der Waals surface area contributed by atoms with Gasteiger partial charge in [-0.15, -0.1) is 0 Å². The molecule has 1 saturated heterocycles. The summed E-state index contributed by atoms with van der Waals surface area (Å²) in [6.45, 7) is 3.94. The topological polar surface area (TPSA) is 106 Å². The number of anilines is 1. The second-order valence-electron chi connectivity index (χ2n) is 10.5. The number of para-hydroxylation sites is 1. The molecule has 0 radical (unpaired) electrons. The molecule has 1 N–H and O–H groups in total. The van der Waals surface area contributed by atoms with Crippen LogP contribution in [0.25, 0.3) is 10.9 Å². The summed E-state index contributed by atoms with van der Waals surface area (Å²) in [6.07, 6.45) is 1.62. The molecule has 0 unspecified atom stereocenters. The number of benzene rings is 2. The first-order chi connectivity index (χ1) is 18.2. The highest BCUT2D eigenvalue weighted by Crippen LogP contribution is 2.46. The van der Waals surface area contributed by atoms with Gasteiger partial charge in [0.05, 0.1) is 23.2 Å². The van der Waals surface area contributed by atoms with Gasteiger partial charge in [0.2, 0.25) is 11.8 Å². The van der Waals surface area contributed by atoms with E-state index in [1.54, 1.807) is 25.2 Å². The minimum absolute atomic E-state index is 0.0485. The van der Waals surface area contributed by atoms with Crippen molar-refractivity contribution in [3.05, 3.63) is 71.7 Å². The Labute approximate surface area is 220 Å². The van der Waals surface area contributed by atoms with E-state index in [-0.39, 0.29) is 36.3 Å². The highest BCUT2D eigenvalue weighted by Gasteiger charge is 2.56. The van der Waals surface area contributed by atoms with Crippen LogP contribution >= 0.6 is 0 Å². The monoisotopic (exact) mass is 513 g/mol. The number of likely N-dealkylation sites (tertiary alicyclic amines) is 1. The number of likely N-dealkylation sites (N-methyl/N-ethyl adjacent to an activating group) is 1. The van der Waals surface area contributed by atoms with Crippen molar-refractivity contribution in [2.45, 2.75) is 44.2 Å². The van der Waals surface area contributed by atoms with Crippen LogP contribution in [-0.2, 0) is 15.0 Å². The maximum Gasteiger partial charge on any atom is 0.254 e. The van der Waals surface area contributed by atoms with Gasteiger partial charge in [-0.3, -0.25) is 19.4 Å². The summed E-state index contributed by atoms with van der Waals surface area (Å²) in [4.78, 5) is 47.8. The predicted octanol–water partition coefficient (Wildman–Crippen LogP) is 3.88. The Morgan fingerprint density at radius 1 is 1.26 bits per heavy atom. The van der Waals surface area contributed by atoms with E-state index in [0.29, 0.717) is 23.0 Å². The van der Waals surface area contributed by atoms with Crippen molar-refractivity contribution >= 4 is 34.3 Å². The molecule has 0 aliphatic carbocycles. The van der Waals surface area contributed by atoms with Gasteiger partial charge in [-0.25, -0.2) is 4.39 Å².